The van der Waals surface area contributed by atoms with Crippen molar-refractivity contribution in [3.05, 3.63) is 78.0 Å². The Morgan fingerprint density at radius 2 is 1.90 bits per heavy atom. The van der Waals surface area contributed by atoms with E-state index in [0.717, 1.165) is 30.0 Å². The number of carbonyl (C=O) groups is 4. The van der Waals surface area contributed by atoms with Gasteiger partial charge in [0.05, 0.1) is 23.5 Å². The number of allylic oxidation sites excluding steroid dienone is 2. The second kappa shape index (κ2) is 13.1. The first-order valence-corrected chi connectivity index (χ1v) is 16.7. The van der Waals surface area contributed by atoms with Gasteiger partial charge in [-0.1, -0.05) is 48.3 Å². The topological polar surface area (TPSA) is 152 Å². The lowest BCUT2D eigenvalue weighted by Crippen LogP contribution is -2.52. The van der Waals surface area contributed by atoms with E-state index in [1.807, 2.05) is 36.4 Å². The Morgan fingerprint density at radius 3 is 2.67 bits per heavy atom. The predicted molar refractivity (Wildman–Crippen MR) is 176 cm³/mol. The maximum Gasteiger partial charge on any atom is 0.310 e. The number of pyridine rings is 1. The molecular formula is C37H37FN4O7. The van der Waals surface area contributed by atoms with Crippen molar-refractivity contribution >= 4 is 45.2 Å². The molecule has 0 bridgehead atoms. The molecule has 0 unspecified atom stereocenters. The average Bonchev–Trinajstić information content (AvgIpc) is 3.36. The number of ether oxygens (including phenoxy) is 1. The summed E-state index contributed by atoms with van der Waals surface area (Å²) in [5.41, 5.74) is -0.786. The van der Waals surface area contributed by atoms with Crippen LogP contribution in [0.15, 0.2) is 65.2 Å². The fourth-order valence-electron chi connectivity index (χ4n) is 7.33. The zero-order valence-corrected chi connectivity index (χ0v) is 27.1. The van der Waals surface area contributed by atoms with Gasteiger partial charge in [0.1, 0.15) is 23.7 Å². The summed E-state index contributed by atoms with van der Waals surface area (Å²) in [5.74, 6) is -2.46. The van der Waals surface area contributed by atoms with Crippen LogP contribution < -0.4 is 10.1 Å². The van der Waals surface area contributed by atoms with E-state index in [1.165, 1.54) is 23.1 Å². The molecule has 5 atom stereocenters. The molecule has 12 heteroatoms. The minimum Gasteiger partial charge on any atom is -0.481 e. The molecule has 4 aromatic rings. The third-order valence-corrected chi connectivity index (χ3v) is 10.1. The van der Waals surface area contributed by atoms with E-state index >= 15 is 0 Å². The van der Waals surface area contributed by atoms with Gasteiger partial charge in [0.2, 0.25) is 11.8 Å². The van der Waals surface area contributed by atoms with Crippen LogP contribution in [-0.4, -0.2) is 68.4 Å². The molecule has 1 saturated heterocycles. The summed E-state index contributed by atoms with van der Waals surface area (Å²) in [6.45, 7) is 1.66. The molecule has 2 amide bonds. The number of carboxylic acid groups (broad SMARTS) is 1. The normalized spacial score (nSPS) is 26.8. The molecular weight excluding hydrogens is 631 g/mol. The molecule has 7 rings (SSSR count). The number of nitrogens with one attached hydrogen (secondary N) is 1. The number of aliphatic carboxylic acids is 1. The SMILES string of the molecule is Cc1cc(C(=O)N[C@H]2CCCCC/C=C\[C@@H]3C[C@@]3(C(=O)O)CC(=O)[C@@H]3C[C@@H](Oc4nc5cc(F)ccc5c5ccccc45)CN3C2=O)no1. The molecule has 254 valence electrons. The summed E-state index contributed by atoms with van der Waals surface area (Å²) >= 11 is 0. The standard InChI is InChI=1S/C37H37FN4O7/c1-21-15-30(41-49-21)33(44)39-28-12-6-4-2-3-5-9-22-18-37(22,36(46)47)19-32(43)31-17-24(20-42(31)35(28)45)48-34-27-11-8-7-10-25(27)26-14-13-23(38)16-29(26)40-34/h5,7-11,13-16,22,24,28,31H,2-4,6,12,17-20H2,1H3,(H,39,44)(H,46,47)/b9-5-/t22-,24-,28+,31+,37-/m1/s1. The number of benzene rings is 2. The average molecular weight is 669 g/mol. The first kappa shape index (κ1) is 32.4. The minimum atomic E-state index is -1.22. The number of hydrogen-bond acceptors (Lipinski definition) is 8. The predicted octanol–water partition coefficient (Wildman–Crippen LogP) is 5.54. The molecule has 2 aromatic carbocycles. The molecule has 0 radical (unpaired) electrons. The van der Waals surface area contributed by atoms with Gasteiger partial charge in [-0.15, -0.1) is 0 Å². The number of carboxylic acids is 1. The molecule has 1 saturated carbocycles. The van der Waals surface area contributed by atoms with E-state index in [-0.39, 0.29) is 42.7 Å². The third-order valence-electron chi connectivity index (χ3n) is 10.1. The van der Waals surface area contributed by atoms with E-state index < -0.39 is 47.2 Å². The van der Waals surface area contributed by atoms with Gasteiger partial charge in [-0.05, 0) is 62.1 Å². The molecule has 2 aliphatic heterocycles. The Kier molecular flexibility index (Phi) is 8.64. The smallest absolute Gasteiger partial charge is 0.310 e. The largest absolute Gasteiger partial charge is 0.481 e. The van der Waals surface area contributed by atoms with Crippen molar-refractivity contribution < 1.29 is 37.9 Å². The zero-order valence-electron chi connectivity index (χ0n) is 27.1. The summed E-state index contributed by atoms with van der Waals surface area (Å²) in [6.07, 6.45) is 6.76. The van der Waals surface area contributed by atoms with Crippen LogP contribution >= 0.6 is 0 Å². The van der Waals surface area contributed by atoms with Gasteiger partial charge in [0, 0.05) is 35.7 Å². The summed E-state index contributed by atoms with van der Waals surface area (Å²) in [7, 11) is 0. The van der Waals surface area contributed by atoms with Gasteiger partial charge >= 0.3 is 5.97 Å². The van der Waals surface area contributed by atoms with E-state index in [9.17, 15) is 28.7 Å². The maximum atomic E-state index is 14.4. The Bertz CT molecular complexity index is 1990. The van der Waals surface area contributed by atoms with Crippen molar-refractivity contribution in [2.24, 2.45) is 11.3 Å². The second-order valence-corrected chi connectivity index (χ2v) is 13.4. The summed E-state index contributed by atoms with van der Waals surface area (Å²) in [6, 6.07) is 11.3. The highest BCUT2D eigenvalue weighted by Crippen LogP contribution is 2.57. The van der Waals surface area contributed by atoms with Crippen molar-refractivity contribution in [3.8, 4) is 5.88 Å². The van der Waals surface area contributed by atoms with Crippen LogP contribution in [0.2, 0.25) is 0 Å². The summed E-state index contributed by atoms with van der Waals surface area (Å²) in [4.78, 5) is 60.2. The highest BCUT2D eigenvalue weighted by Gasteiger charge is 2.61. The van der Waals surface area contributed by atoms with E-state index in [1.54, 1.807) is 13.0 Å². The van der Waals surface area contributed by atoms with Crippen LogP contribution in [-0.2, 0) is 14.4 Å². The van der Waals surface area contributed by atoms with Gasteiger partial charge in [-0.25, -0.2) is 9.37 Å². The lowest BCUT2D eigenvalue weighted by Gasteiger charge is -2.29. The quantitative estimate of drug-likeness (QED) is 0.206. The molecule has 3 aliphatic rings. The monoisotopic (exact) mass is 668 g/mol. The van der Waals surface area contributed by atoms with Crippen LogP contribution in [0.5, 0.6) is 5.88 Å². The number of rotatable bonds is 5. The molecule has 4 heterocycles. The zero-order chi connectivity index (χ0) is 34.3. The number of Topliss-reactive ketones (excluding diaryl/α,β-unsaturated/α-hetero) is 1. The number of ketones is 1. The molecule has 1 aliphatic carbocycles. The van der Waals surface area contributed by atoms with Gasteiger partial charge in [-0.3, -0.25) is 19.2 Å². The minimum absolute atomic E-state index is 0.00523. The first-order valence-electron chi connectivity index (χ1n) is 16.7. The number of amides is 2. The van der Waals surface area contributed by atoms with Crippen molar-refractivity contribution in [1.29, 1.82) is 0 Å². The summed E-state index contributed by atoms with van der Waals surface area (Å²) < 4.78 is 25.8. The lowest BCUT2D eigenvalue weighted by atomic mass is 9.92. The molecule has 2 aromatic heterocycles. The molecule has 0 spiro atoms. The Labute approximate surface area is 281 Å². The number of aromatic nitrogens is 2. The van der Waals surface area contributed by atoms with Gasteiger partial charge in [0.15, 0.2) is 11.5 Å². The molecule has 2 fully saturated rings. The fourth-order valence-corrected chi connectivity index (χ4v) is 7.33. The molecule has 49 heavy (non-hydrogen) atoms. The van der Waals surface area contributed by atoms with Crippen LogP contribution in [0.4, 0.5) is 4.39 Å². The van der Waals surface area contributed by atoms with Gasteiger partial charge < -0.3 is 24.6 Å². The highest BCUT2D eigenvalue weighted by molar-refractivity contribution is 6.07. The Morgan fingerprint density at radius 1 is 1.08 bits per heavy atom. The number of hydrogen-bond donors (Lipinski definition) is 2. The van der Waals surface area contributed by atoms with Crippen molar-refractivity contribution in [3.63, 3.8) is 0 Å². The first-order chi connectivity index (χ1) is 23.6. The Balaban J connectivity index is 1.22. The number of carbonyl (C=O) groups excluding carboxylic acids is 3. The van der Waals surface area contributed by atoms with Gasteiger partial charge in [0.25, 0.3) is 5.91 Å². The number of nitrogens with zero attached hydrogens (tertiary/aromatic N) is 3. The van der Waals surface area contributed by atoms with Crippen LogP contribution in [0.25, 0.3) is 21.7 Å². The van der Waals surface area contributed by atoms with Crippen LogP contribution in [0.1, 0.15) is 67.6 Å². The van der Waals surface area contributed by atoms with Crippen LogP contribution in [0, 0.1) is 24.1 Å². The van der Waals surface area contributed by atoms with Crippen molar-refractivity contribution in [2.75, 3.05) is 6.54 Å². The van der Waals surface area contributed by atoms with Crippen LogP contribution in [0.3, 0.4) is 0 Å². The lowest BCUT2D eigenvalue weighted by molar-refractivity contribution is -0.147. The maximum absolute atomic E-state index is 14.4. The second-order valence-electron chi connectivity index (χ2n) is 13.4. The van der Waals surface area contributed by atoms with Crippen molar-refractivity contribution in [1.82, 2.24) is 20.4 Å². The highest BCUT2D eigenvalue weighted by atomic mass is 19.1. The fraction of sp³-hybridized carbons (Fsp3) is 0.405. The van der Waals surface area contributed by atoms with E-state index in [4.69, 9.17) is 9.26 Å². The van der Waals surface area contributed by atoms with E-state index in [0.29, 0.717) is 35.9 Å². The molecule has 11 nitrogen and oxygen atoms in total. The van der Waals surface area contributed by atoms with Gasteiger partial charge in [-0.2, -0.15) is 0 Å². The molecule has 2 N–H and O–H groups in total. The van der Waals surface area contributed by atoms with Crippen molar-refractivity contribution in [2.45, 2.75) is 76.5 Å². The number of fused-ring (bicyclic) bond motifs is 5. The number of halogens is 1. The third kappa shape index (κ3) is 6.39. The Hall–Kier alpha value is -5.13. The van der Waals surface area contributed by atoms with E-state index in [2.05, 4.69) is 15.5 Å². The number of aryl methyl sites for hydroxylation is 1. The summed E-state index contributed by atoms with van der Waals surface area (Å²) in [5, 5.41) is 19.1.